The third kappa shape index (κ3) is 5.31. The lowest BCUT2D eigenvalue weighted by atomic mass is 10.1. The lowest BCUT2D eigenvalue weighted by Crippen LogP contribution is -2.40. The zero-order valence-corrected chi connectivity index (χ0v) is 17.3. The molecule has 1 unspecified atom stereocenters. The zero-order chi connectivity index (χ0) is 15.9. The Balaban J connectivity index is 0.00000208. The first-order valence-corrected chi connectivity index (χ1v) is 9.53. The van der Waals surface area contributed by atoms with E-state index in [1.54, 1.807) is 0 Å². The van der Waals surface area contributed by atoms with E-state index in [2.05, 4.69) is 62.8 Å². The van der Waals surface area contributed by atoms with Crippen LogP contribution < -0.4 is 10.6 Å². The van der Waals surface area contributed by atoms with Crippen LogP contribution in [0.25, 0.3) is 10.9 Å². The van der Waals surface area contributed by atoms with Gasteiger partial charge in [-0.15, -0.1) is 24.0 Å². The van der Waals surface area contributed by atoms with Gasteiger partial charge in [-0.1, -0.05) is 18.2 Å². The van der Waals surface area contributed by atoms with Crippen LogP contribution in [0.1, 0.15) is 24.8 Å². The molecule has 0 saturated carbocycles. The number of H-pyrrole nitrogens is 1. The molecule has 1 aliphatic rings. The summed E-state index contributed by atoms with van der Waals surface area (Å²) in [5.41, 5.74) is 2.62. The van der Waals surface area contributed by atoms with E-state index < -0.39 is 0 Å². The van der Waals surface area contributed by atoms with Gasteiger partial charge in [-0.3, -0.25) is 4.99 Å². The van der Waals surface area contributed by atoms with Crippen LogP contribution in [0.4, 0.5) is 0 Å². The molecule has 0 spiro atoms. The number of nitrogens with one attached hydrogen (secondary N) is 3. The van der Waals surface area contributed by atoms with E-state index in [1.807, 2.05) is 7.05 Å². The normalized spacial score (nSPS) is 17.7. The van der Waals surface area contributed by atoms with Crippen molar-refractivity contribution in [2.24, 2.45) is 4.99 Å². The summed E-state index contributed by atoms with van der Waals surface area (Å²) in [7, 11) is 1.84. The predicted octanol–water partition coefficient (Wildman–Crippen LogP) is 3.78. The average Bonchev–Trinajstić information content (AvgIpc) is 3.24. The van der Waals surface area contributed by atoms with Crippen LogP contribution in [0, 0.1) is 0 Å². The van der Waals surface area contributed by atoms with Gasteiger partial charge in [0, 0.05) is 42.5 Å². The molecule has 1 fully saturated rings. The molecule has 0 amide bonds. The van der Waals surface area contributed by atoms with Crippen molar-refractivity contribution in [1.82, 2.24) is 15.6 Å². The van der Waals surface area contributed by atoms with Gasteiger partial charge in [-0.2, -0.15) is 11.8 Å². The van der Waals surface area contributed by atoms with Gasteiger partial charge in [0.25, 0.3) is 0 Å². The summed E-state index contributed by atoms with van der Waals surface area (Å²) < 4.78 is 0. The number of fused-ring (bicyclic) bond motifs is 1. The van der Waals surface area contributed by atoms with Crippen molar-refractivity contribution in [2.45, 2.75) is 30.9 Å². The van der Waals surface area contributed by atoms with Gasteiger partial charge in [0.15, 0.2) is 5.96 Å². The van der Waals surface area contributed by atoms with Crippen LogP contribution in [0.2, 0.25) is 0 Å². The highest BCUT2D eigenvalue weighted by atomic mass is 127. The average molecular weight is 458 g/mol. The van der Waals surface area contributed by atoms with E-state index in [-0.39, 0.29) is 24.0 Å². The molecule has 4 nitrogen and oxygen atoms in total. The molecule has 2 aromatic rings. The van der Waals surface area contributed by atoms with E-state index in [0.29, 0.717) is 0 Å². The second-order valence-corrected chi connectivity index (χ2v) is 7.39. The highest BCUT2D eigenvalue weighted by molar-refractivity contribution is 14.0. The largest absolute Gasteiger partial charge is 0.361 e. The molecule has 0 bridgehead atoms. The molecule has 1 atom stereocenters. The van der Waals surface area contributed by atoms with Crippen molar-refractivity contribution in [1.29, 1.82) is 0 Å². The minimum Gasteiger partial charge on any atom is -0.361 e. The molecule has 1 aliphatic heterocycles. The molecular weight excluding hydrogens is 431 g/mol. The smallest absolute Gasteiger partial charge is 0.191 e. The summed E-state index contributed by atoms with van der Waals surface area (Å²) in [6, 6.07) is 8.49. The number of aliphatic imine (C=N–C) groups is 1. The molecule has 1 saturated heterocycles. The SMILES string of the molecule is CN=C(NCCCc1c[nH]c2ccccc12)NCC1CCCS1.I. The van der Waals surface area contributed by atoms with Crippen LogP contribution in [0.3, 0.4) is 0 Å². The van der Waals surface area contributed by atoms with Gasteiger partial charge in [-0.25, -0.2) is 0 Å². The molecule has 1 aromatic heterocycles. The Morgan fingerprint density at radius 1 is 1.33 bits per heavy atom. The standard InChI is InChI=1S/C18H26N4S.HI/c1-19-18(22-13-15-7-5-11-23-15)20-10-4-6-14-12-21-17-9-3-2-8-16(14)17;/h2-3,8-9,12,15,21H,4-7,10-11,13H2,1H3,(H2,19,20,22);1H. The number of aryl methyl sites for hydroxylation is 1. The van der Waals surface area contributed by atoms with E-state index >= 15 is 0 Å². The minimum atomic E-state index is 0. The van der Waals surface area contributed by atoms with Gasteiger partial charge < -0.3 is 15.6 Å². The number of nitrogens with zero attached hydrogens (tertiary/aromatic N) is 1. The third-order valence-electron chi connectivity index (χ3n) is 4.34. The van der Waals surface area contributed by atoms with Gasteiger partial charge >= 0.3 is 0 Å². The fourth-order valence-electron chi connectivity index (χ4n) is 3.06. The van der Waals surface area contributed by atoms with Crippen molar-refractivity contribution >= 4 is 52.6 Å². The molecule has 1 aromatic carbocycles. The number of hydrogen-bond acceptors (Lipinski definition) is 2. The number of rotatable bonds is 6. The van der Waals surface area contributed by atoms with Crippen molar-refractivity contribution in [2.75, 3.05) is 25.9 Å². The Morgan fingerprint density at radius 2 is 2.21 bits per heavy atom. The lowest BCUT2D eigenvalue weighted by Gasteiger charge is -2.14. The summed E-state index contributed by atoms with van der Waals surface area (Å²) in [6.07, 6.45) is 6.99. The van der Waals surface area contributed by atoms with Crippen LogP contribution in [0.15, 0.2) is 35.5 Å². The molecule has 132 valence electrons. The Kier molecular flexibility index (Phi) is 8.24. The lowest BCUT2D eigenvalue weighted by molar-refractivity contribution is 0.711. The number of thioether (sulfide) groups is 1. The first kappa shape index (κ1) is 19.4. The van der Waals surface area contributed by atoms with E-state index in [0.717, 1.165) is 37.1 Å². The maximum atomic E-state index is 4.31. The quantitative estimate of drug-likeness (QED) is 0.267. The molecule has 24 heavy (non-hydrogen) atoms. The molecule has 0 aliphatic carbocycles. The number of para-hydroxylation sites is 1. The van der Waals surface area contributed by atoms with Crippen molar-refractivity contribution in [3.05, 3.63) is 36.0 Å². The molecule has 0 radical (unpaired) electrons. The fraction of sp³-hybridized carbons (Fsp3) is 0.500. The Labute approximate surface area is 165 Å². The minimum absolute atomic E-state index is 0. The first-order chi connectivity index (χ1) is 11.4. The fourth-order valence-corrected chi connectivity index (χ4v) is 4.26. The topological polar surface area (TPSA) is 52.2 Å². The highest BCUT2D eigenvalue weighted by Crippen LogP contribution is 2.25. The second kappa shape index (κ2) is 10.2. The maximum Gasteiger partial charge on any atom is 0.191 e. The monoisotopic (exact) mass is 458 g/mol. The van der Waals surface area contributed by atoms with Gasteiger partial charge in [0.2, 0.25) is 0 Å². The molecule has 6 heteroatoms. The van der Waals surface area contributed by atoms with Crippen LogP contribution in [0.5, 0.6) is 0 Å². The summed E-state index contributed by atoms with van der Waals surface area (Å²) in [6.45, 7) is 1.96. The van der Waals surface area contributed by atoms with E-state index in [1.165, 1.54) is 35.1 Å². The van der Waals surface area contributed by atoms with Crippen LogP contribution in [-0.2, 0) is 6.42 Å². The number of benzene rings is 1. The van der Waals surface area contributed by atoms with Gasteiger partial charge in [0.1, 0.15) is 0 Å². The summed E-state index contributed by atoms with van der Waals surface area (Å²) in [5, 5.41) is 8.96. The van der Waals surface area contributed by atoms with Gasteiger partial charge in [0.05, 0.1) is 0 Å². The molecule has 2 heterocycles. The number of guanidine groups is 1. The Morgan fingerprint density at radius 3 is 3.00 bits per heavy atom. The summed E-state index contributed by atoms with van der Waals surface area (Å²) >= 11 is 2.07. The van der Waals surface area contributed by atoms with E-state index in [4.69, 9.17) is 0 Å². The maximum absolute atomic E-state index is 4.31. The Hall–Kier alpha value is -0.890. The predicted molar refractivity (Wildman–Crippen MR) is 117 cm³/mol. The van der Waals surface area contributed by atoms with E-state index in [9.17, 15) is 0 Å². The van der Waals surface area contributed by atoms with Gasteiger partial charge in [-0.05, 0) is 43.1 Å². The van der Waals surface area contributed by atoms with Crippen molar-refractivity contribution < 1.29 is 0 Å². The second-order valence-electron chi connectivity index (χ2n) is 5.98. The number of hydrogen-bond donors (Lipinski definition) is 3. The number of aromatic nitrogens is 1. The molecule has 3 rings (SSSR count). The third-order valence-corrected chi connectivity index (χ3v) is 5.73. The van der Waals surface area contributed by atoms with Crippen molar-refractivity contribution in [3.8, 4) is 0 Å². The summed E-state index contributed by atoms with van der Waals surface area (Å²) in [4.78, 5) is 7.65. The molecule has 3 N–H and O–H groups in total. The van der Waals surface area contributed by atoms with Crippen LogP contribution >= 0.6 is 35.7 Å². The number of halogens is 1. The first-order valence-electron chi connectivity index (χ1n) is 8.48. The molecular formula is C18H27IN4S. The highest BCUT2D eigenvalue weighted by Gasteiger charge is 2.15. The summed E-state index contributed by atoms with van der Waals surface area (Å²) in [5.74, 6) is 2.24. The Bertz CT molecular complexity index is 649. The zero-order valence-electron chi connectivity index (χ0n) is 14.2. The van der Waals surface area contributed by atoms with Crippen molar-refractivity contribution in [3.63, 3.8) is 0 Å². The number of aromatic amines is 1. The van der Waals surface area contributed by atoms with Crippen LogP contribution in [-0.4, -0.2) is 42.1 Å².